The molecule has 0 spiro atoms. The average Bonchev–Trinajstić information content (AvgIpc) is 3.11. The molecule has 0 N–H and O–H groups in total. The molecule has 2 rings (SSSR count). The summed E-state index contributed by atoms with van der Waals surface area (Å²) < 4.78 is 4.67. The third-order valence-corrected chi connectivity index (χ3v) is 2.25. The number of carbonyl (C=O) groups is 1. The van der Waals surface area contributed by atoms with Gasteiger partial charge in [-0.2, -0.15) is 5.10 Å². The minimum Gasteiger partial charge on any atom is -0.456 e. The van der Waals surface area contributed by atoms with Gasteiger partial charge in [0.05, 0.1) is 12.3 Å². The van der Waals surface area contributed by atoms with Crippen molar-refractivity contribution in [1.29, 1.82) is 0 Å². The summed E-state index contributed by atoms with van der Waals surface area (Å²) in [4.78, 5) is 11.0. The molecule has 4 nitrogen and oxygen atoms in total. The third kappa shape index (κ3) is 2.80. The molecule has 0 amide bonds. The summed E-state index contributed by atoms with van der Waals surface area (Å²) in [6, 6.07) is 3.70. The highest BCUT2D eigenvalue weighted by Gasteiger charge is 2.24. The van der Waals surface area contributed by atoms with Gasteiger partial charge in [0.15, 0.2) is 0 Å². The molecule has 1 saturated carbocycles. The molecule has 4 heteroatoms. The number of nitrogens with zero attached hydrogens (tertiary/aromatic N) is 2. The van der Waals surface area contributed by atoms with Crippen molar-refractivity contribution in [3.8, 4) is 11.8 Å². The summed E-state index contributed by atoms with van der Waals surface area (Å²) in [5, 5.41) is 8.00. The number of rotatable bonds is 2. The molecular formula is C12H12N2O2. The lowest BCUT2D eigenvalue weighted by Crippen LogP contribution is -2.00. The molecule has 82 valence electrons. The molecular weight excluding hydrogens is 204 g/mol. The van der Waals surface area contributed by atoms with Gasteiger partial charge in [-0.25, -0.2) is 4.79 Å². The summed E-state index contributed by atoms with van der Waals surface area (Å²) in [6.45, 7) is 2.07. The van der Waals surface area contributed by atoms with Crippen LogP contribution in [0.1, 0.15) is 37.1 Å². The van der Waals surface area contributed by atoms with E-state index < -0.39 is 5.97 Å². The van der Waals surface area contributed by atoms with Crippen molar-refractivity contribution in [2.45, 2.75) is 25.7 Å². The fourth-order valence-electron chi connectivity index (χ4n) is 1.29. The second-order valence-corrected chi connectivity index (χ2v) is 3.59. The van der Waals surface area contributed by atoms with E-state index in [4.69, 9.17) is 0 Å². The lowest BCUT2D eigenvalue weighted by molar-refractivity contribution is -0.136. The van der Waals surface area contributed by atoms with E-state index in [2.05, 4.69) is 26.8 Å². The van der Waals surface area contributed by atoms with Crippen molar-refractivity contribution < 1.29 is 9.53 Å². The van der Waals surface area contributed by atoms with E-state index in [1.54, 1.807) is 13.0 Å². The highest BCUT2D eigenvalue weighted by atomic mass is 16.5. The van der Waals surface area contributed by atoms with Crippen molar-refractivity contribution in [3.05, 3.63) is 23.5 Å². The molecule has 1 aromatic heterocycles. The maximum Gasteiger partial charge on any atom is 0.384 e. The molecule has 1 fully saturated rings. The number of ether oxygens (including phenoxy) is 1. The Labute approximate surface area is 94.0 Å². The van der Waals surface area contributed by atoms with Gasteiger partial charge in [-0.05, 0) is 37.8 Å². The second kappa shape index (κ2) is 4.75. The Bertz CT molecular complexity index is 438. The summed E-state index contributed by atoms with van der Waals surface area (Å²) in [6.07, 6.45) is 2.39. The highest BCUT2D eigenvalue weighted by Crippen LogP contribution is 2.38. The van der Waals surface area contributed by atoms with E-state index in [-0.39, 0.29) is 0 Å². The first-order valence-corrected chi connectivity index (χ1v) is 5.32. The molecule has 0 radical (unpaired) electrons. The van der Waals surface area contributed by atoms with E-state index in [0.29, 0.717) is 18.2 Å². The Balaban J connectivity index is 2.01. The maximum absolute atomic E-state index is 11.0. The topological polar surface area (TPSA) is 52.1 Å². The van der Waals surface area contributed by atoms with Crippen LogP contribution in [0.5, 0.6) is 0 Å². The van der Waals surface area contributed by atoms with Crippen LogP contribution in [-0.2, 0) is 9.53 Å². The zero-order valence-electron chi connectivity index (χ0n) is 9.06. The molecule has 1 heterocycles. The average molecular weight is 216 g/mol. The minimum absolute atomic E-state index is 0.333. The first kappa shape index (κ1) is 10.6. The Morgan fingerprint density at radius 3 is 2.88 bits per heavy atom. The predicted octanol–water partition coefficient (Wildman–Crippen LogP) is 1.27. The number of hydrogen-bond donors (Lipinski definition) is 0. The van der Waals surface area contributed by atoms with Crippen LogP contribution >= 0.6 is 0 Å². The van der Waals surface area contributed by atoms with Crippen LogP contribution in [0.25, 0.3) is 0 Å². The predicted molar refractivity (Wildman–Crippen MR) is 57.5 cm³/mol. The van der Waals surface area contributed by atoms with Crippen LogP contribution in [0, 0.1) is 11.8 Å². The zero-order chi connectivity index (χ0) is 11.4. The Kier molecular flexibility index (Phi) is 3.16. The molecule has 0 aliphatic heterocycles. The zero-order valence-corrected chi connectivity index (χ0v) is 9.06. The van der Waals surface area contributed by atoms with Crippen LogP contribution < -0.4 is 0 Å². The van der Waals surface area contributed by atoms with Crippen molar-refractivity contribution in [2.24, 2.45) is 0 Å². The van der Waals surface area contributed by atoms with Crippen LogP contribution in [0.15, 0.2) is 12.1 Å². The van der Waals surface area contributed by atoms with Crippen molar-refractivity contribution in [2.75, 3.05) is 6.61 Å². The van der Waals surface area contributed by atoms with E-state index in [1.165, 1.54) is 12.8 Å². The molecule has 0 unspecified atom stereocenters. The summed E-state index contributed by atoms with van der Waals surface area (Å²) in [7, 11) is 0. The molecule has 1 aliphatic carbocycles. The van der Waals surface area contributed by atoms with Crippen LogP contribution in [0.2, 0.25) is 0 Å². The van der Waals surface area contributed by atoms with Gasteiger partial charge in [0.25, 0.3) is 0 Å². The van der Waals surface area contributed by atoms with E-state index in [1.807, 2.05) is 6.07 Å². The monoisotopic (exact) mass is 216 g/mol. The molecule has 1 aromatic rings. The Morgan fingerprint density at radius 2 is 2.31 bits per heavy atom. The largest absolute Gasteiger partial charge is 0.456 e. The fraction of sp³-hybridized carbons (Fsp3) is 0.417. The SMILES string of the molecule is CCOC(=O)C#Cc1ccc(C2CC2)nn1. The molecule has 0 atom stereocenters. The first-order chi connectivity index (χ1) is 7.79. The Morgan fingerprint density at radius 1 is 1.50 bits per heavy atom. The number of hydrogen-bond acceptors (Lipinski definition) is 4. The van der Waals surface area contributed by atoms with Crippen LogP contribution in [0.3, 0.4) is 0 Å². The van der Waals surface area contributed by atoms with Gasteiger partial charge in [0, 0.05) is 11.8 Å². The molecule has 0 aromatic carbocycles. The second-order valence-electron chi connectivity index (χ2n) is 3.59. The molecule has 16 heavy (non-hydrogen) atoms. The van der Waals surface area contributed by atoms with Crippen molar-refractivity contribution >= 4 is 5.97 Å². The lowest BCUT2D eigenvalue weighted by atomic mass is 10.2. The maximum atomic E-state index is 11.0. The molecule has 0 bridgehead atoms. The van der Waals surface area contributed by atoms with Gasteiger partial charge in [0.2, 0.25) is 0 Å². The molecule has 0 saturated heterocycles. The van der Waals surface area contributed by atoms with E-state index >= 15 is 0 Å². The van der Waals surface area contributed by atoms with Crippen LogP contribution in [-0.4, -0.2) is 22.8 Å². The smallest absolute Gasteiger partial charge is 0.384 e. The van der Waals surface area contributed by atoms with Gasteiger partial charge in [-0.15, -0.1) is 5.10 Å². The fourth-order valence-corrected chi connectivity index (χ4v) is 1.29. The summed E-state index contributed by atoms with van der Waals surface area (Å²) in [5.74, 6) is 5.02. The van der Waals surface area contributed by atoms with E-state index in [0.717, 1.165) is 5.69 Å². The summed E-state index contributed by atoms with van der Waals surface area (Å²) >= 11 is 0. The van der Waals surface area contributed by atoms with Gasteiger partial charge in [-0.1, -0.05) is 0 Å². The van der Waals surface area contributed by atoms with Gasteiger partial charge >= 0.3 is 5.97 Å². The van der Waals surface area contributed by atoms with Gasteiger partial charge in [-0.3, -0.25) is 0 Å². The third-order valence-electron chi connectivity index (χ3n) is 2.25. The molecule has 1 aliphatic rings. The first-order valence-electron chi connectivity index (χ1n) is 5.32. The number of carbonyl (C=O) groups excluding carboxylic acids is 1. The standard InChI is InChI=1S/C12H12N2O2/c1-2-16-12(15)8-6-10-5-7-11(14-13-10)9-3-4-9/h5,7,9H,2-4H2,1H3. The van der Waals surface area contributed by atoms with Crippen molar-refractivity contribution in [3.63, 3.8) is 0 Å². The van der Waals surface area contributed by atoms with Gasteiger partial charge in [0.1, 0.15) is 5.69 Å². The lowest BCUT2D eigenvalue weighted by Gasteiger charge is -1.94. The van der Waals surface area contributed by atoms with Gasteiger partial charge < -0.3 is 4.74 Å². The van der Waals surface area contributed by atoms with E-state index in [9.17, 15) is 4.79 Å². The summed E-state index contributed by atoms with van der Waals surface area (Å²) in [5.41, 5.74) is 1.51. The minimum atomic E-state index is -0.532. The Hall–Kier alpha value is -1.89. The number of aromatic nitrogens is 2. The number of esters is 1. The quantitative estimate of drug-likeness (QED) is 0.551. The highest BCUT2D eigenvalue weighted by molar-refractivity contribution is 5.88. The van der Waals surface area contributed by atoms with Crippen molar-refractivity contribution in [1.82, 2.24) is 10.2 Å². The normalized spacial score (nSPS) is 13.8. The van der Waals surface area contributed by atoms with Crippen LogP contribution in [0.4, 0.5) is 0 Å².